The summed E-state index contributed by atoms with van der Waals surface area (Å²) in [5.41, 5.74) is 0. The van der Waals surface area contributed by atoms with E-state index in [-0.39, 0.29) is 25.0 Å². The lowest BCUT2D eigenvalue weighted by molar-refractivity contribution is -0.137. The zero-order chi connectivity index (χ0) is 14.1. The molecule has 0 aromatic rings. The smallest absolute Gasteiger partial charge is 0.303 e. The van der Waals surface area contributed by atoms with Crippen LogP contribution in [0.5, 0.6) is 0 Å². The van der Waals surface area contributed by atoms with E-state index in [1.54, 1.807) is 0 Å². The molecule has 0 saturated heterocycles. The molecule has 0 aromatic carbocycles. The van der Waals surface area contributed by atoms with Crippen LogP contribution < -0.4 is 5.32 Å². The molecule has 1 amide bonds. The average molecular weight is 271 g/mol. The highest BCUT2D eigenvalue weighted by Gasteiger charge is 2.19. The summed E-state index contributed by atoms with van der Waals surface area (Å²) in [5, 5.41) is 11.2. The van der Waals surface area contributed by atoms with E-state index in [9.17, 15) is 9.59 Å². The molecule has 1 aliphatic carbocycles. The van der Waals surface area contributed by atoms with E-state index in [1.807, 2.05) is 0 Å². The van der Waals surface area contributed by atoms with Crippen molar-refractivity contribution in [2.75, 3.05) is 13.2 Å². The molecule has 110 valence electrons. The number of rotatable bonds is 8. The van der Waals surface area contributed by atoms with Gasteiger partial charge in [-0.05, 0) is 31.6 Å². The van der Waals surface area contributed by atoms with Crippen molar-refractivity contribution in [2.24, 2.45) is 5.92 Å². The fourth-order valence-corrected chi connectivity index (χ4v) is 2.40. The van der Waals surface area contributed by atoms with Crippen LogP contribution in [0, 0.1) is 5.92 Å². The fraction of sp³-hybridized carbons (Fsp3) is 0.857. The van der Waals surface area contributed by atoms with Crippen LogP contribution in [0.2, 0.25) is 0 Å². The molecule has 5 nitrogen and oxygen atoms in total. The number of unbranched alkanes of at least 4 members (excludes halogenated alkanes) is 1. The molecule has 19 heavy (non-hydrogen) atoms. The second-order valence-electron chi connectivity index (χ2n) is 5.41. The Morgan fingerprint density at radius 3 is 2.79 bits per heavy atom. The highest BCUT2D eigenvalue weighted by atomic mass is 16.5. The van der Waals surface area contributed by atoms with Crippen molar-refractivity contribution in [3.63, 3.8) is 0 Å². The molecular weight excluding hydrogens is 246 g/mol. The van der Waals surface area contributed by atoms with Gasteiger partial charge in [0, 0.05) is 13.0 Å². The Labute approximate surface area is 114 Å². The number of carboxylic acid groups (broad SMARTS) is 1. The minimum atomic E-state index is -0.791. The minimum Gasteiger partial charge on any atom is -0.481 e. The zero-order valence-electron chi connectivity index (χ0n) is 11.7. The SMILES string of the molecule is C[C@@H]1CCC[C@@H](OCC(=O)NCCCCC(=O)O)C1. The fourth-order valence-electron chi connectivity index (χ4n) is 2.40. The number of carboxylic acids is 1. The van der Waals surface area contributed by atoms with Crippen LogP contribution in [0.4, 0.5) is 0 Å². The largest absolute Gasteiger partial charge is 0.481 e. The van der Waals surface area contributed by atoms with Crippen molar-refractivity contribution in [3.05, 3.63) is 0 Å². The quantitative estimate of drug-likeness (QED) is 0.662. The molecule has 0 heterocycles. The maximum absolute atomic E-state index is 11.5. The molecule has 5 heteroatoms. The second-order valence-corrected chi connectivity index (χ2v) is 5.41. The van der Waals surface area contributed by atoms with Crippen LogP contribution in [0.25, 0.3) is 0 Å². The van der Waals surface area contributed by atoms with E-state index in [0.717, 1.165) is 12.8 Å². The summed E-state index contributed by atoms with van der Waals surface area (Å²) in [6, 6.07) is 0. The summed E-state index contributed by atoms with van der Waals surface area (Å²) in [7, 11) is 0. The summed E-state index contributed by atoms with van der Waals surface area (Å²) in [4.78, 5) is 21.8. The molecule has 0 aliphatic heterocycles. The van der Waals surface area contributed by atoms with Gasteiger partial charge < -0.3 is 15.2 Å². The van der Waals surface area contributed by atoms with Crippen LogP contribution >= 0.6 is 0 Å². The molecule has 0 radical (unpaired) electrons. The van der Waals surface area contributed by atoms with Crippen molar-refractivity contribution >= 4 is 11.9 Å². The summed E-state index contributed by atoms with van der Waals surface area (Å²) in [6.07, 6.45) is 6.21. The van der Waals surface area contributed by atoms with Crippen molar-refractivity contribution in [1.82, 2.24) is 5.32 Å². The molecule has 1 aliphatic rings. The Bertz CT molecular complexity index is 293. The topological polar surface area (TPSA) is 75.6 Å². The molecule has 0 spiro atoms. The third-order valence-electron chi connectivity index (χ3n) is 3.48. The molecule has 1 fully saturated rings. The van der Waals surface area contributed by atoms with Gasteiger partial charge in [-0.25, -0.2) is 0 Å². The van der Waals surface area contributed by atoms with Crippen molar-refractivity contribution in [2.45, 2.75) is 58.0 Å². The molecule has 2 atom stereocenters. The first kappa shape index (κ1) is 16.0. The number of hydrogen-bond donors (Lipinski definition) is 2. The van der Waals surface area contributed by atoms with Gasteiger partial charge in [0.2, 0.25) is 5.91 Å². The minimum absolute atomic E-state index is 0.103. The Morgan fingerprint density at radius 2 is 2.11 bits per heavy atom. The number of hydrogen-bond acceptors (Lipinski definition) is 3. The Hall–Kier alpha value is -1.10. The van der Waals surface area contributed by atoms with E-state index in [1.165, 1.54) is 12.8 Å². The van der Waals surface area contributed by atoms with Gasteiger partial charge in [-0.3, -0.25) is 9.59 Å². The summed E-state index contributed by atoms with van der Waals surface area (Å²) >= 11 is 0. The lowest BCUT2D eigenvalue weighted by atomic mass is 9.89. The van der Waals surface area contributed by atoms with Crippen LogP contribution in [-0.2, 0) is 14.3 Å². The van der Waals surface area contributed by atoms with E-state index < -0.39 is 5.97 Å². The van der Waals surface area contributed by atoms with Gasteiger partial charge in [0.15, 0.2) is 0 Å². The number of nitrogens with one attached hydrogen (secondary N) is 1. The Kier molecular flexibility index (Phi) is 7.48. The van der Waals surface area contributed by atoms with Crippen molar-refractivity contribution < 1.29 is 19.4 Å². The van der Waals surface area contributed by atoms with Crippen molar-refractivity contribution in [3.8, 4) is 0 Å². The first-order chi connectivity index (χ1) is 9.08. The molecule has 1 rings (SSSR count). The van der Waals surface area contributed by atoms with Crippen molar-refractivity contribution in [1.29, 1.82) is 0 Å². The van der Waals surface area contributed by atoms with Gasteiger partial charge in [0.05, 0.1) is 6.10 Å². The average Bonchev–Trinajstić information content (AvgIpc) is 2.35. The molecule has 0 aromatic heterocycles. The van der Waals surface area contributed by atoms with Crippen LogP contribution in [0.1, 0.15) is 51.9 Å². The van der Waals surface area contributed by atoms with E-state index in [2.05, 4.69) is 12.2 Å². The number of aliphatic carboxylic acids is 1. The normalized spacial score (nSPS) is 23.0. The third-order valence-corrected chi connectivity index (χ3v) is 3.48. The first-order valence-corrected chi connectivity index (χ1v) is 7.18. The lowest BCUT2D eigenvalue weighted by Gasteiger charge is -2.26. The number of amides is 1. The molecule has 2 N–H and O–H groups in total. The second kappa shape index (κ2) is 8.91. The predicted molar refractivity (Wildman–Crippen MR) is 71.9 cm³/mol. The molecule has 0 bridgehead atoms. The number of carbonyl (C=O) groups excluding carboxylic acids is 1. The summed E-state index contributed by atoms with van der Waals surface area (Å²) in [6.45, 7) is 2.87. The number of ether oxygens (including phenoxy) is 1. The van der Waals surface area contributed by atoms with Gasteiger partial charge in [0.25, 0.3) is 0 Å². The summed E-state index contributed by atoms with van der Waals surface area (Å²) < 4.78 is 5.60. The summed E-state index contributed by atoms with van der Waals surface area (Å²) in [5.74, 6) is -0.201. The van der Waals surface area contributed by atoms with Gasteiger partial charge >= 0.3 is 5.97 Å². The first-order valence-electron chi connectivity index (χ1n) is 7.18. The number of carbonyl (C=O) groups is 2. The Morgan fingerprint density at radius 1 is 1.32 bits per heavy atom. The third kappa shape index (κ3) is 7.82. The van der Waals surface area contributed by atoms with Gasteiger partial charge in [-0.2, -0.15) is 0 Å². The zero-order valence-corrected chi connectivity index (χ0v) is 11.7. The van der Waals surface area contributed by atoms with Gasteiger partial charge in [-0.15, -0.1) is 0 Å². The predicted octanol–water partition coefficient (Wildman–Crippen LogP) is 1.95. The highest BCUT2D eigenvalue weighted by molar-refractivity contribution is 5.77. The van der Waals surface area contributed by atoms with Gasteiger partial charge in [-0.1, -0.05) is 19.8 Å². The maximum atomic E-state index is 11.5. The van der Waals surface area contributed by atoms with E-state index >= 15 is 0 Å². The highest BCUT2D eigenvalue weighted by Crippen LogP contribution is 2.25. The standard InChI is InChI=1S/C14H25NO4/c1-11-5-4-6-12(9-11)19-10-13(16)15-8-3-2-7-14(17)18/h11-12H,2-10H2,1H3,(H,15,16)(H,17,18)/t11-,12-/m1/s1. The molecule has 1 saturated carbocycles. The van der Waals surface area contributed by atoms with Crippen LogP contribution in [-0.4, -0.2) is 36.2 Å². The monoisotopic (exact) mass is 271 g/mol. The maximum Gasteiger partial charge on any atom is 0.303 e. The molecule has 0 unspecified atom stereocenters. The van der Waals surface area contributed by atoms with Crippen LogP contribution in [0.15, 0.2) is 0 Å². The van der Waals surface area contributed by atoms with Crippen LogP contribution in [0.3, 0.4) is 0 Å². The Balaban J connectivity index is 2.00. The van der Waals surface area contributed by atoms with E-state index in [0.29, 0.717) is 25.3 Å². The lowest BCUT2D eigenvalue weighted by Crippen LogP contribution is -2.32. The molecular formula is C14H25NO4. The van der Waals surface area contributed by atoms with E-state index in [4.69, 9.17) is 9.84 Å². The van der Waals surface area contributed by atoms with Gasteiger partial charge in [0.1, 0.15) is 6.61 Å².